The molecular weight excluding hydrogens is 416 g/mol. The Morgan fingerprint density at radius 1 is 1.12 bits per heavy atom. The zero-order valence-corrected chi connectivity index (χ0v) is 19.8. The first-order valence-corrected chi connectivity index (χ1v) is 12.1. The van der Waals surface area contributed by atoms with Crippen LogP contribution in [0.1, 0.15) is 60.6 Å². The van der Waals surface area contributed by atoms with Crippen LogP contribution in [0.3, 0.4) is 0 Å². The molecule has 33 heavy (non-hydrogen) atoms. The van der Waals surface area contributed by atoms with Crippen LogP contribution < -0.4 is 4.74 Å². The van der Waals surface area contributed by atoms with Gasteiger partial charge in [-0.25, -0.2) is 9.97 Å². The molecule has 176 valence electrons. The summed E-state index contributed by atoms with van der Waals surface area (Å²) in [5.41, 5.74) is 2.06. The van der Waals surface area contributed by atoms with Crippen molar-refractivity contribution in [2.45, 2.75) is 52.4 Å². The minimum atomic E-state index is -0.409. The molecule has 1 spiro atoms. The summed E-state index contributed by atoms with van der Waals surface area (Å²) in [6, 6.07) is 8.22. The van der Waals surface area contributed by atoms with E-state index in [9.17, 15) is 9.59 Å². The summed E-state index contributed by atoms with van der Waals surface area (Å²) < 4.78 is 6.07. The number of hydrogen-bond donors (Lipinski definition) is 0. The average Bonchev–Trinajstić information content (AvgIpc) is 2.84. The van der Waals surface area contributed by atoms with Crippen LogP contribution in [0.4, 0.5) is 0 Å². The van der Waals surface area contributed by atoms with Gasteiger partial charge in [-0.1, -0.05) is 24.6 Å². The van der Waals surface area contributed by atoms with Crippen molar-refractivity contribution in [3.63, 3.8) is 0 Å². The third kappa shape index (κ3) is 5.02. The monoisotopic (exact) mass is 450 g/mol. The Labute approximate surface area is 196 Å². The van der Waals surface area contributed by atoms with Crippen LogP contribution in [0, 0.1) is 12.3 Å². The number of fused-ring (bicyclic) bond motifs is 1. The number of rotatable bonds is 2. The average molecular weight is 451 g/mol. The van der Waals surface area contributed by atoms with Crippen LogP contribution in [0.2, 0.25) is 0 Å². The molecule has 7 nitrogen and oxygen atoms in total. The number of amides is 2. The number of aryl methyl sites for hydroxylation is 2. The number of aromatic nitrogens is 2. The lowest BCUT2D eigenvalue weighted by Gasteiger charge is -2.43. The van der Waals surface area contributed by atoms with Gasteiger partial charge in [-0.15, -0.1) is 0 Å². The molecule has 4 rings (SSSR count). The molecule has 1 aromatic heterocycles. The number of ether oxygens (including phenoxy) is 1. The van der Waals surface area contributed by atoms with Gasteiger partial charge < -0.3 is 14.5 Å². The van der Waals surface area contributed by atoms with Gasteiger partial charge in [-0.05, 0) is 57.6 Å². The SMILES string of the molecule is CCN1CCOc2ccccc2CCCCC2(CCN(C(=O)c3cncnc3C)CC2)C1=O. The summed E-state index contributed by atoms with van der Waals surface area (Å²) in [6.45, 7) is 6.75. The lowest BCUT2D eigenvalue weighted by atomic mass is 9.73. The smallest absolute Gasteiger partial charge is 0.257 e. The van der Waals surface area contributed by atoms with Crippen molar-refractivity contribution in [3.05, 3.63) is 53.6 Å². The standard InChI is InChI=1S/C26H34N4O3/c1-3-29-16-17-33-23-10-5-4-8-21(23)9-6-7-11-26(25(29)32)12-14-30(15-13-26)24(31)22-18-27-19-28-20(22)2/h4-5,8,10,18-19H,3,6-7,9,11-17H2,1-2H3. The predicted molar refractivity (Wildman–Crippen MR) is 126 cm³/mol. The molecule has 0 radical (unpaired) electrons. The van der Waals surface area contributed by atoms with Gasteiger partial charge in [-0.2, -0.15) is 0 Å². The lowest BCUT2D eigenvalue weighted by molar-refractivity contribution is -0.145. The molecule has 0 N–H and O–H groups in total. The van der Waals surface area contributed by atoms with Gasteiger partial charge in [-0.3, -0.25) is 9.59 Å². The summed E-state index contributed by atoms with van der Waals surface area (Å²) in [5, 5.41) is 0. The van der Waals surface area contributed by atoms with Crippen molar-refractivity contribution < 1.29 is 14.3 Å². The number of benzene rings is 1. The van der Waals surface area contributed by atoms with E-state index in [-0.39, 0.29) is 11.8 Å². The Hall–Kier alpha value is -2.96. The van der Waals surface area contributed by atoms with Crippen LogP contribution in [0.25, 0.3) is 0 Å². The fourth-order valence-corrected chi connectivity index (χ4v) is 5.11. The van der Waals surface area contributed by atoms with E-state index in [4.69, 9.17) is 4.74 Å². The van der Waals surface area contributed by atoms with Crippen molar-refractivity contribution >= 4 is 11.8 Å². The summed E-state index contributed by atoms with van der Waals surface area (Å²) in [5.74, 6) is 1.11. The van der Waals surface area contributed by atoms with Crippen LogP contribution in [0.5, 0.6) is 5.75 Å². The van der Waals surface area contributed by atoms with Crippen LogP contribution in [-0.4, -0.2) is 64.4 Å². The van der Waals surface area contributed by atoms with E-state index < -0.39 is 5.41 Å². The number of nitrogens with zero attached hydrogens (tertiary/aromatic N) is 4. The van der Waals surface area contributed by atoms with E-state index >= 15 is 0 Å². The minimum Gasteiger partial charge on any atom is -0.491 e. The Kier molecular flexibility index (Phi) is 7.26. The molecule has 0 unspecified atom stereocenters. The van der Waals surface area contributed by atoms with Gasteiger partial charge in [0.1, 0.15) is 18.7 Å². The number of para-hydroxylation sites is 1. The fourth-order valence-electron chi connectivity index (χ4n) is 5.11. The largest absolute Gasteiger partial charge is 0.491 e. The highest BCUT2D eigenvalue weighted by molar-refractivity contribution is 5.95. The Balaban J connectivity index is 1.49. The zero-order valence-electron chi connectivity index (χ0n) is 19.8. The van der Waals surface area contributed by atoms with Crippen molar-refractivity contribution in [1.82, 2.24) is 19.8 Å². The highest BCUT2D eigenvalue weighted by atomic mass is 16.5. The summed E-state index contributed by atoms with van der Waals surface area (Å²) in [7, 11) is 0. The topological polar surface area (TPSA) is 75.6 Å². The van der Waals surface area contributed by atoms with Gasteiger partial charge >= 0.3 is 0 Å². The van der Waals surface area contributed by atoms with E-state index in [2.05, 4.69) is 22.1 Å². The summed E-state index contributed by atoms with van der Waals surface area (Å²) in [6.07, 6.45) is 8.25. The van der Waals surface area contributed by atoms with Crippen molar-refractivity contribution in [3.8, 4) is 5.75 Å². The van der Waals surface area contributed by atoms with Gasteiger partial charge in [0.15, 0.2) is 0 Å². The molecule has 7 heteroatoms. The molecular formula is C26H34N4O3. The first-order chi connectivity index (χ1) is 16.0. The van der Waals surface area contributed by atoms with E-state index in [0.717, 1.165) is 31.4 Å². The van der Waals surface area contributed by atoms with Crippen LogP contribution in [-0.2, 0) is 11.2 Å². The molecule has 0 saturated carbocycles. The number of likely N-dealkylation sites (tertiary alicyclic amines) is 1. The quantitative estimate of drug-likeness (QED) is 0.698. The maximum absolute atomic E-state index is 13.8. The second-order valence-corrected chi connectivity index (χ2v) is 9.14. The molecule has 2 aliphatic heterocycles. The molecule has 1 aromatic carbocycles. The van der Waals surface area contributed by atoms with E-state index in [1.54, 1.807) is 6.20 Å². The molecule has 0 aliphatic carbocycles. The Morgan fingerprint density at radius 3 is 2.67 bits per heavy atom. The van der Waals surface area contributed by atoms with E-state index in [1.807, 2.05) is 35.8 Å². The lowest BCUT2D eigenvalue weighted by Crippen LogP contribution is -2.52. The summed E-state index contributed by atoms with van der Waals surface area (Å²) >= 11 is 0. The molecule has 2 aliphatic rings. The second kappa shape index (κ2) is 10.3. The predicted octanol–water partition coefficient (Wildman–Crippen LogP) is 3.66. The third-order valence-corrected chi connectivity index (χ3v) is 7.22. The molecule has 1 fully saturated rings. The number of carbonyl (C=O) groups is 2. The Bertz CT molecular complexity index is 985. The van der Waals surface area contributed by atoms with Crippen LogP contribution in [0.15, 0.2) is 36.8 Å². The highest BCUT2D eigenvalue weighted by Gasteiger charge is 2.43. The van der Waals surface area contributed by atoms with Gasteiger partial charge in [0.2, 0.25) is 5.91 Å². The van der Waals surface area contributed by atoms with Gasteiger partial charge in [0.25, 0.3) is 5.91 Å². The third-order valence-electron chi connectivity index (χ3n) is 7.22. The number of carbonyl (C=O) groups excluding carboxylic acids is 2. The fraction of sp³-hybridized carbons (Fsp3) is 0.538. The molecule has 2 aromatic rings. The van der Waals surface area contributed by atoms with E-state index in [0.29, 0.717) is 56.9 Å². The number of piperidine rings is 1. The number of hydrogen-bond acceptors (Lipinski definition) is 5. The molecule has 0 atom stereocenters. The molecule has 2 amide bonds. The highest BCUT2D eigenvalue weighted by Crippen LogP contribution is 2.39. The van der Waals surface area contributed by atoms with Gasteiger partial charge in [0.05, 0.1) is 23.2 Å². The van der Waals surface area contributed by atoms with Crippen LogP contribution >= 0.6 is 0 Å². The molecule has 1 saturated heterocycles. The molecule has 3 heterocycles. The zero-order chi connectivity index (χ0) is 23.3. The second-order valence-electron chi connectivity index (χ2n) is 9.14. The summed E-state index contributed by atoms with van der Waals surface area (Å²) in [4.78, 5) is 38.8. The first-order valence-electron chi connectivity index (χ1n) is 12.1. The minimum absolute atomic E-state index is 0.0408. The van der Waals surface area contributed by atoms with Crippen molar-refractivity contribution in [1.29, 1.82) is 0 Å². The van der Waals surface area contributed by atoms with Crippen molar-refractivity contribution in [2.75, 3.05) is 32.8 Å². The maximum atomic E-state index is 13.8. The first kappa shape index (κ1) is 23.2. The van der Waals surface area contributed by atoms with Crippen molar-refractivity contribution in [2.24, 2.45) is 5.41 Å². The Morgan fingerprint density at radius 2 is 1.91 bits per heavy atom. The maximum Gasteiger partial charge on any atom is 0.257 e. The normalized spacial score (nSPS) is 19.3. The molecule has 0 bridgehead atoms. The van der Waals surface area contributed by atoms with Gasteiger partial charge in [0, 0.05) is 25.8 Å². The van der Waals surface area contributed by atoms with E-state index in [1.165, 1.54) is 11.9 Å². The number of likely N-dealkylation sites (N-methyl/N-ethyl adjacent to an activating group) is 1.